The zero-order valence-corrected chi connectivity index (χ0v) is 9.58. The summed E-state index contributed by atoms with van der Waals surface area (Å²) in [5, 5.41) is 10.2. The Bertz CT molecular complexity index is 316. The van der Waals surface area contributed by atoms with Crippen molar-refractivity contribution in [2.75, 3.05) is 0 Å². The summed E-state index contributed by atoms with van der Waals surface area (Å²) in [6, 6.07) is 8.11. The number of benzene rings is 1. The smallest absolute Gasteiger partial charge is 0.0540 e. The average Bonchev–Trinajstić information content (AvgIpc) is 2.22. The average molecular weight is 225 g/mol. The fourth-order valence-electron chi connectivity index (χ4n) is 2.35. The molecule has 1 saturated carbocycles. The van der Waals surface area contributed by atoms with Crippen molar-refractivity contribution in [2.24, 2.45) is 5.92 Å². The minimum Gasteiger partial charge on any atom is -0.393 e. The van der Waals surface area contributed by atoms with Crippen molar-refractivity contribution in [3.8, 4) is 0 Å². The van der Waals surface area contributed by atoms with Crippen molar-refractivity contribution in [1.29, 1.82) is 0 Å². The third-order valence-electron chi connectivity index (χ3n) is 3.23. The molecule has 1 fully saturated rings. The summed E-state index contributed by atoms with van der Waals surface area (Å²) in [6.45, 7) is 0. The molecule has 82 valence electrons. The van der Waals surface area contributed by atoms with E-state index in [1.807, 2.05) is 18.2 Å². The van der Waals surface area contributed by atoms with Gasteiger partial charge in [-0.05, 0) is 55.7 Å². The van der Waals surface area contributed by atoms with E-state index in [9.17, 15) is 5.11 Å². The van der Waals surface area contributed by atoms with E-state index in [0.29, 0.717) is 0 Å². The van der Waals surface area contributed by atoms with Crippen LogP contribution in [0.15, 0.2) is 24.3 Å². The molecule has 0 unspecified atom stereocenters. The lowest BCUT2D eigenvalue weighted by Gasteiger charge is -2.25. The van der Waals surface area contributed by atoms with E-state index in [4.69, 9.17) is 11.6 Å². The maximum absolute atomic E-state index is 9.42. The van der Waals surface area contributed by atoms with Gasteiger partial charge in [-0.15, -0.1) is 0 Å². The third kappa shape index (κ3) is 3.22. The number of hydrogen-bond donors (Lipinski definition) is 1. The van der Waals surface area contributed by atoms with Gasteiger partial charge >= 0.3 is 0 Å². The van der Waals surface area contributed by atoms with Crippen LogP contribution in [0.5, 0.6) is 0 Å². The summed E-state index contributed by atoms with van der Waals surface area (Å²) in [4.78, 5) is 0. The van der Waals surface area contributed by atoms with Gasteiger partial charge in [0.05, 0.1) is 6.10 Å². The van der Waals surface area contributed by atoms with Gasteiger partial charge in [0.25, 0.3) is 0 Å². The lowest BCUT2D eigenvalue weighted by atomic mass is 9.83. The highest BCUT2D eigenvalue weighted by atomic mass is 35.5. The Kier molecular flexibility index (Phi) is 3.66. The first kappa shape index (κ1) is 11.0. The maximum atomic E-state index is 9.42. The van der Waals surface area contributed by atoms with Gasteiger partial charge in [0.15, 0.2) is 0 Å². The molecule has 1 nitrogen and oxygen atoms in total. The summed E-state index contributed by atoms with van der Waals surface area (Å²) < 4.78 is 0. The first-order chi connectivity index (χ1) is 7.24. The topological polar surface area (TPSA) is 20.2 Å². The van der Waals surface area contributed by atoms with Crippen LogP contribution < -0.4 is 0 Å². The first-order valence-corrected chi connectivity index (χ1v) is 6.04. The van der Waals surface area contributed by atoms with Crippen LogP contribution in [0.4, 0.5) is 0 Å². The molecule has 1 aliphatic carbocycles. The van der Waals surface area contributed by atoms with Crippen LogP contribution in [0.2, 0.25) is 5.02 Å². The van der Waals surface area contributed by atoms with Crippen LogP contribution in [0, 0.1) is 5.92 Å². The van der Waals surface area contributed by atoms with Crippen LogP contribution in [0.25, 0.3) is 0 Å². The van der Waals surface area contributed by atoms with Crippen molar-refractivity contribution < 1.29 is 5.11 Å². The van der Waals surface area contributed by atoms with Gasteiger partial charge in [0.2, 0.25) is 0 Å². The lowest BCUT2D eigenvalue weighted by molar-refractivity contribution is 0.109. The van der Waals surface area contributed by atoms with E-state index in [1.165, 1.54) is 5.56 Å². The Hall–Kier alpha value is -0.530. The van der Waals surface area contributed by atoms with Gasteiger partial charge in [0.1, 0.15) is 0 Å². The monoisotopic (exact) mass is 224 g/mol. The molecule has 0 saturated heterocycles. The van der Waals surface area contributed by atoms with E-state index < -0.39 is 0 Å². The van der Waals surface area contributed by atoms with Crippen molar-refractivity contribution in [1.82, 2.24) is 0 Å². The van der Waals surface area contributed by atoms with Gasteiger partial charge in [-0.3, -0.25) is 0 Å². The molecule has 1 aliphatic rings. The quantitative estimate of drug-likeness (QED) is 0.816. The Labute approximate surface area is 96.1 Å². The molecule has 0 aliphatic heterocycles. The molecule has 1 aromatic carbocycles. The van der Waals surface area contributed by atoms with E-state index in [1.54, 1.807) is 0 Å². The second-order valence-corrected chi connectivity index (χ2v) is 4.95. The number of hydrogen-bond acceptors (Lipinski definition) is 1. The standard InChI is InChI=1S/C13H17ClO/c14-12-3-1-2-11(9-12)8-10-4-6-13(15)7-5-10/h1-3,9-10,13,15H,4-8H2. The van der Waals surface area contributed by atoms with Crippen molar-refractivity contribution in [2.45, 2.75) is 38.2 Å². The van der Waals surface area contributed by atoms with E-state index in [-0.39, 0.29) is 6.10 Å². The SMILES string of the molecule is OC1CCC(Cc2cccc(Cl)c2)CC1. The molecule has 1 aromatic rings. The zero-order chi connectivity index (χ0) is 10.7. The van der Waals surface area contributed by atoms with Crippen LogP contribution in [0.1, 0.15) is 31.2 Å². The van der Waals surface area contributed by atoms with Crippen LogP contribution in [-0.4, -0.2) is 11.2 Å². The van der Waals surface area contributed by atoms with Crippen molar-refractivity contribution >= 4 is 11.6 Å². The zero-order valence-electron chi connectivity index (χ0n) is 8.82. The Morgan fingerprint density at radius 2 is 1.93 bits per heavy atom. The molecule has 0 aromatic heterocycles. The molecule has 1 N–H and O–H groups in total. The Balaban J connectivity index is 1.92. The third-order valence-corrected chi connectivity index (χ3v) is 3.46. The predicted octanol–water partition coefficient (Wildman–Crippen LogP) is 3.43. The molecule has 15 heavy (non-hydrogen) atoms. The van der Waals surface area contributed by atoms with Crippen molar-refractivity contribution in [3.05, 3.63) is 34.9 Å². The Morgan fingerprint density at radius 3 is 2.60 bits per heavy atom. The normalized spacial score (nSPS) is 26.5. The molecule has 2 heteroatoms. The minimum absolute atomic E-state index is 0.0550. The van der Waals surface area contributed by atoms with Gasteiger partial charge < -0.3 is 5.11 Å². The number of aliphatic hydroxyl groups is 1. The minimum atomic E-state index is -0.0550. The molecule has 0 atom stereocenters. The van der Waals surface area contributed by atoms with E-state index in [0.717, 1.165) is 43.0 Å². The van der Waals surface area contributed by atoms with Crippen LogP contribution in [-0.2, 0) is 6.42 Å². The van der Waals surface area contributed by atoms with Gasteiger partial charge in [0, 0.05) is 5.02 Å². The predicted molar refractivity (Wildman–Crippen MR) is 63.1 cm³/mol. The fraction of sp³-hybridized carbons (Fsp3) is 0.538. The molecular weight excluding hydrogens is 208 g/mol. The van der Waals surface area contributed by atoms with Crippen LogP contribution >= 0.6 is 11.6 Å². The highest BCUT2D eigenvalue weighted by molar-refractivity contribution is 6.30. The highest BCUT2D eigenvalue weighted by Gasteiger charge is 2.19. The summed E-state index contributed by atoms with van der Waals surface area (Å²) >= 11 is 5.95. The first-order valence-electron chi connectivity index (χ1n) is 5.66. The lowest BCUT2D eigenvalue weighted by Crippen LogP contribution is -2.19. The van der Waals surface area contributed by atoms with Crippen LogP contribution in [0.3, 0.4) is 0 Å². The second kappa shape index (κ2) is 5.00. The second-order valence-electron chi connectivity index (χ2n) is 4.51. The number of aliphatic hydroxyl groups excluding tert-OH is 1. The van der Waals surface area contributed by atoms with E-state index in [2.05, 4.69) is 6.07 Å². The summed E-state index contributed by atoms with van der Waals surface area (Å²) in [5.74, 6) is 0.729. The number of halogens is 1. The largest absolute Gasteiger partial charge is 0.393 e. The van der Waals surface area contributed by atoms with Crippen molar-refractivity contribution in [3.63, 3.8) is 0 Å². The number of rotatable bonds is 2. The van der Waals surface area contributed by atoms with E-state index >= 15 is 0 Å². The van der Waals surface area contributed by atoms with Gasteiger partial charge in [-0.25, -0.2) is 0 Å². The maximum Gasteiger partial charge on any atom is 0.0540 e. The Morgan fingerprint density at radius 1 is 1.20 bits per heavy atom. The van der Waals surface area contributed by atoms with Gasteiger partial charge in [-0.2, -0.15) is 0 Å². The molecule has 0 spiro atoms. The fourth-order valence-corrected chi connectivity index (χ4v) is 2.56. The summed E-state index contributed by atoms with van der Waals surface area (Å²) in [7, 11) is 0. The molecule has 2 rings (SSSR count). The molecular formula is C13H17ClO. The molecule has 0 bridgehead atoms. The summed E-state index contributed by atoms with van der Waals surface area (Å²) in [5.41, 5.74) is 1.32. The molecule has 0 radical (unpaired) electrons. The summed E-state index contributed by atoms with van der Waals surface area (Å²) in [6.07, 6.45) is 5.27. The van der Waals surface area contributed by atoms with Gasteiger partial charge in [-0.1, -0.05) is 23.7 Å². The highest BCUT2D eigenvalue weighted by Crippen LogP contribution is 2.27. The molecule has 0 amide bonds. The molecule has 0 heterocycles.